The van der Waals surface area contributed by atoms with E-state index in [2.05, 4.69) is 20.4 Å². The largest absolute Gasteiger partial charge is 0.480 e. The van der Waals surface area contributed by atoms with Crippen LogP contribution in [0.3, 0.4) is 0 Å². The SMILES string of the molecule is Cc1cc(F)n(-c2cc(-c3cccc(Cl)c3)ccc2[C@@H](Oc2cc(N3CCC4(CC3)CNC(C(=O)O)C4)nc(N)n2)C(F)(F)F)n1. The molecule has 1 unspecified atom stereocenters. The molecule has 4 heterocycles. The van der Waals surface area contributed by atoms with Crippen LogP contribution < -0.4 is 20.7 Å². The van der Waals surface area contributed by atoms with Gasteiger partial charge >= 0.3 is 12.1 Å². The summed E-state index contributed by atoms with van der Waals surface area (Å²) in [5.41, 5.74) is 6.53. The Morgan fingerprint density at radius 3 is 2.50 bits per heavy atom. The molecule has 2 aliphatic heterocycles. The molecule has 0 aliphatic carbocycles. The van der Waals surface area contributed by atoms with E-state index in [-0.39, 0.29) is 28.6 Å². The number of aromatic nitrogens is 4. The molecule has 242 valence electrons. The third kappa shape index (κ3) is 6.44. The van der Waals surface area contributed by atoms with Crippen LogP contribution in [0.5, 0.6) is 5.88 Å². The number of nitrogen functional groups attached to an aromatic ring is 1. The van der Waals surface area contributed by atoms with Gasteiger partial charge in [-0.2, -0.15) is 32.6 Å². The zero-order chi connectivity index (χ0) is 32.8. The third-order valence-corrected chi connectivity index (χ3v) is 8.77. The highest BCUT2D eigenvalue weighted by atomic mass is 35.5. The summed E-state index contributed by atoms with van der Waals surface area (Å²) in [6.07, 6.45) is -5.72. The zero-order valence-corrected chi connectivity index (χ0v) is 25.3. The molecule has 2 aromatic heterocycles. The molecule has 6 rings (SSSR count). The van der Waals surface area contributed by atoms with Crippen LogP contribution in [0.1, 0.15) is 36.6 Å². The van der Waals surface area contributed by atoms with Crippen LogP contribution in [0.2, 0.25) is 5.02 Å². The van der Waals surface area contributed by atoms with Gasteiger partial charge < -0.3 is 25.8 Å². The van der Waals surface area contributed by atoms with Gasteiger partial charge in [0.05, 0.1) is 11.4 Å². The summed E-state index contributed by atoms with van der Waals surface area (Å²) in [7, 11) is 0. The molecular weight excluding hydrogens is 630 g/mol. The van der Waals surface area contributed by atoms with Crippen LogP contribution >= 0.6 is 11.6 Å². The quantitative estimate of drug-likeness (QED) is 0.213. The first-order chi connectivity index (χ1) is 21.8. The minimum atomic E-state index is -4.96. The van der Waals surface area contributed by atoms with Crippen molar-refractivity contribution < 1.29 is 32.2 Å². The number of carboxylic acid groups (broad SMARTS) is 1. The zero-order valence-electron chi connectivity index (χ0n) is 24.6. The van der Waals surface area contributed by atoms with Crippen LogP contribution in [-0.4, -0.2) is 62.7 Å². The number of alkyl halides is 3. The average molecular weight is 660 g/mol. The predicted molar refractivity (Wildman–Crippen MR) is 162 cm³/mol. The van der Waals surface area contributed by atoms with Gasteiger partial charge in [0, 0.05) is 42.4 Å². The number of hydrogen-bond acceptors (Lipinski definition) is 8. The standard InChI is InChI=1S/C31H30ClF4N7O3/c1-17-11-24(33)43(41-17)23-13-19(18-3-2-4-20(32)12-18)5-6-21(23)27(31(34,35)36)46-26-14-25(39-29(37)40-26)42-9-7-30(8-10-42)15-22(28(44)45)38-16-30/h2-6,11-14,22,27,38H,7-10,15-16H2,1H3,(H,44,45)(H2,37,39,40)/t22?,27-/m1/s1. The van der Waals surface area contributed by atoms with Crippen molar-refractivity contribution in [2.45, 2.75) is 44.5 Å². The Kier molecular flexibility index (Phi) is 8.27. The molecule has 0 radical (unpaired) electrons. The lowest BCUT2D eigenvalue weighted by molar-refractivity contribution is -0.198. The van der Waals surface area contributed by atoms with E-state index in [0.29, 0.717) is 55.0 Å². The van der Waals surface area contributed by atoms with Gasteiger partial charge in [0.1, 0.15) is 11.9 Å². The molecule has 10 nitrogen and oxygen atoms in total. The van der Waals surface area contributed by atoms with Crippen LogP contribution in [0, 0.1) is 18.3 Å². The monoisotopic (exact) mass is 659 g/mol. The third-order valence-electron chi connectivity index (χ3n) is 8.54. The number of carbonyl (C=O) groups is 1. The Balaban J connectivity index is 1.32. The lowest BCUT2D eigenvalue weighted by Gasteiger charge is -2.39. The molecule has 15 heteroatoms. The normalized spacial score (nSPS) is 18.6. The van der Waals surface area contributed by atoms with Crippen LogP contribution in [0.4, 0.5) is 29.3 Å². The number of piperidine rings is 1. The number of hydrogen-bond donors (Lipinski definition) is 3. The Morgan fingerprint density at radius 1 is 1.13 bits per heavy atom. The Bertz CT molecular complexity index is 1780. The van der Waals surface area contributed by atoms with E-state index in [9.17, 15) is 23.1 Å². The molecule has 1 spiro atoms. The van der Waals surface area contributed by atoms with E-state index < -0.39 is 41.7 Å². The predicted octanol–water partition coefficient (Wildman–Crippen LogP) is 5.73. The summed E-state index contributed by atoms with van der Waals surface area (Å²) in [5, 5.41) is 17.0. The summed E-state index contributed by atoms with van der Waals surface area (Å²) in [6.45, 7) is 3.07. The van der Waals surface area contributed by atoms with Crippen molar-refractivity contribution >= 4 is 29.3 Å². The number of nitrogens with one attached hydrogen (secondary N) is 1. The summed E-state index contributed by atoms with van der Waals surface area (Å²) in [5.74, 6) is -2.17. The summed E-state index contributed by atoms with van der Waals surface area (Å²) < 4.78 is 65.7. The molecule has 2 atom stereocenters. The van der Waals surface area contributed by atoms with Crippen molar-refractivity contribution in [1.29, 1.82) is 0 Å². The molecule has 2 saturated heterocycles. The number of nitrogens with zero attached hydrogens (tertiary/aromatic N) is 5. The summed E-state index contributed by atoms with van der Waals surface area (Å²) in [6, 6.07) is 12.6. The summed E-state index contributed by atoms with van der Waals surface area (Å²) in [4.78, 5) is 21.5. The Hall–Kier alpha value is -4.43. The first-order valence-electron chi connectivity index (χ1n) is 14.5. The highest BCUT2D eigenvalue weighted by molar-refractivity contribution is 6.30. The van der Waals surface area contributed by atoms with Crippen LogP contribution in [0.15, 0.2) is 54.6 Å². The first-order valence-corrected chi connectivity index (χ1v) is 14.9. The van der Waals surface area contributed by atoms with Gasteiger partial charge in [-0.25, -0.2) is 4.68 Å². The van der Waals surface area contributed by atoms with Crippen molar-refractivity contribution in [2.24, 2.45) is 5.41 Å². The number of aliphatic carboxylic acids is 1. The second-order valence-electron chi connectivity index (χ2n) is 11.7. The van der Waals surface area contributed by atoms with Crippen LogP contribution in [0.25, 0.3) is 16.8 Å². The first kappa shape index (κ1) is 31.5. The van der Waals surface area contributed by atoms with E-state index in [0.717, 1.165) is 10.7 Å². The number of halogens is 5. The topological polar surface area (TPSA) is 131 Å². The lowest BCUT2D eigenvalue weighted by atomic mass is 9.76. The lowest BCUT2D eigenvalue weighted by Crippen LogP contribution is -2.41. The van der Waals surface area contributed by atoms with E-state index in [4.69, 9.17) is 22.1 Å². The molecule has 2 fully saturated rings. The number of carboxylic acids is 1. The molecular formula is C31H30ClF4N7O3. The molecule has 2 aromatic carbocycles. The highest BCUT2D eigenvalue weighted by Gasteiger charge is 2.46. The molecule has 4 N–H and O–H groups in total. The number of anilines is 2. The molecule has 2 aliphatic rings. The maximum Gasteiger partial charge on any atom is 0.429 e. The smallest absolute Gasteiger partial charge is 0.429 e. The number of ether oxygens (including phenoxy) is 1. The van der Waals surface area contributed by atoms with Gasteiger partial charge in [-0.3, -0.25) is 4.79 Å². The Morgan fingerprint density at radius 2 is 1.87 bits per heavy atom. The second-order valence-corrected chi connectivity index (χ2v) is 12.2. The van der Waals surface area contributed by atoms with Gasteiger partial charge in [0.25, 0.3) is 0 Å². The number of nitrogens with two attached hydrogens (primary N) is 1. The fourth-order valence-electron chi connectivity index (χ4n) is 6.20. The van der Waals surface area contributed by atoms with Crippen molar-refractivity contribution in [3.8, 4) is 22.7 Å². The Labute approximate surface area is 266 Å². The van der Waals surface area contributed by atoms with Crippen molar-refractivity contribution in [2.75, 3.05) is 30.3 Å². The average Bonchev–Trinajstić information content (AvgIpc) is 3.57. The molecule has 0 amide bonds. The molecule has 0 saturated carbocycles. The van der Waals surface area contributed by atoms with Crippen LogP contribution in [-0.2, 0) is 4.79 Å². The molecule has 0 bridgehead atoms. The molecule has 46 heavy (non-hydrogen) atoms. The van der Waals surface area contributed by atoms with E-state index in [1.807, 2.05) is 4.90 Å². The van der Waals surface area contributed by atoms with E-state index >= 15 is 4.39 Å². The summed E-state index contributed by atoms with van der Waals surface area (Å²) >= 11 is 6.15. The highest BCUT2D eigenvalue weighted by Crippen LogP contribution is 2.43. The molecule has 4 aromatic rings. The van der Waals surface area contributed by atoms with Crippen molar-refractivity contribution in [1.82, 2.24) is 25.1 Å². The second kappa shape index (κ2) is 12.1. The van der Waals surface area contributed by atoms with Gasteiger partial charge in [0.15, 0.2) is 0 Å². The van der Waals surface area contributed by atoms with Gasteiger partial charge in [0.2, 0.25) is 23.9 Å². The minimum Gasteiger partial charge on any atom is -0.480 e. The van der Waals surface area contributed by atoms with Gasteiger partial charge in [-0.15, -0.1) is 0 Å². The minimum absolute atomic E-state index is 0.182. The van der Waals surface area contributed by atoms with Crippen molar-refractivity contribution in [3.05, 3.63) is 76.8 Å². The van der Waals surface area contributed by atoms with Gasteiger partial charge in [-0.1, -0.05) is 35.9 Å². The number of benzene rings is 2. The maximum absolute atomic E-state index is 15.0. The van der Waals surface area contributed by atoms with Gasteiger partial charge in [-0.05, 0) is 60.9 Å². The fourth-order valence-corrected chi connectivity index (χ4v) is 6.39. The van der Waals surface area contributed by atoms with E-state index in [1.165, 1.54) is 31.2 Å². The van der Waals surface area contributed by atoms with E-state index in [1.54, 1.807) is 24.3 Å². The fraction of sp³-hybridized carbons (Fsp3) is 0.355. The number of rotatable bonds is 7. The maximum atomic E-state index is 15.0. The number of aryl methyl sites for hydroxylation is 1. The van der Waals surface area contributed by atoms with Crippen molar-refractivity contribution in [3.63, 3.8) is 0 Å².